The van der Waals surface area contributed by atoms with Crippen molar-refractivity contribution in [1.29, 1.82) is 0 Å². The van der Waals surface area contributed by atoms with Crippen LogP contribution in [-0.2, 0) is 0 Å². The monoisotopic (exact) mass is 166 g/mol. The molecule has 0 saturated carbocycles. The van der Waals surface area contributed by atoms with Crippen LogP contribution in [0.3, 0.4) is 0 Å². The summed E-state index contributed by atoms with van der Waals surface area (Å²) in [4.78, 5) is 0. The van der Waals surface area contributed by atoms with E-state index in [1.807, 2.05) is 12.2 Å². The highest BCUT2D eigenvalue weighted by atomic mass is 14.4. The lowest BCUT2D eigenvalue weighted by Gasteiger charge is -2.40. The van der Waals surface area contributed by atoms with Crippen LogP contribution in [0, 0.1) is 10.8 Å². The molecule has 0 heteroatoms. The zero-order chi connectivity index (χ0) is 9.83. The van der Waals surface area contributed by atoms with E-state index in [0.717, 1.165) is 12.8 Å². The highest BCUT2D eigenvalue weighted by molar-refractivity contribution is 4.94. The van der Waals surface area contributed by atoms with Gasteiger partial charge in [0.2, 0.25) is 0 Å². The summed E-state index contributed by atoms with van der Waals surface area (Å²) in [6.45, 7) is 16.7. The molecule has 0 aliphatic rings. The Morgan fingerprint density at radius 2 is 1.08 bits per heavy atom. The zero-order valence-corrected chi connectivity index (χ0v) is 8.98. The Labute approximate surface area is 77.4 Å². The summed E-state index contributed by atoms with van der Waals surface area (Å²) < 4.78 is 0. The Hall–Kier alpha value is -0.520. The summed E-state index contributed by atoms with van der Waals surface area (Å²) in [5.41, 5.74) is 0.617. The summed E-state index contributed by atoms with van der Waals surface area (Å²) in [5, 5.41) is 0. The molecule has 0 fully saturated rings. The van der Waals surface area contributed by atoms with E-state index in [-0.39, 0.29) is 0 Å². The maximum Gasteiger partial charge on any atom is -0.0266 e. The molecule has 12 heavy (non-hydrogen) atoms. The predicted octanol–water partition coefficient (Wildman–Crippen LogP) is 4.19. The minimum absolute atomic E-state index is 0.308. The quantitative estimate of drug-likeness (QED) is 0.537. The van der Waals surface area contributed by atoms with Gasteiger partial charge in [-0.15, -0.1) is 13.2 Å². The van der Waals surface area contributed by atoms with Crippen LogP contribution in [0.2, 0.25) is 0 Å². The zero-order valence-electron chi connectivity index (χ0n) is 8.98. The maximum atomic E-state index is 3.79. The highest BCUT2D eigenvalue weighted by Gasteiger charge is 2.34. The van der Waals surface area contributed by atoms with Crippen LogP contribution in [0.25, 0.3) is 0 Å². The first-order valence-corrected chi connectivity index (χ1v) is 4.59. The molecule has 0 radical (unpaired) electrons. The van der Waals surface area contributed by atoms with E-state index in [9.17, 15) is 0 Å². The topological polar surface area (TPSA) is 0 Å². The van der Waals surface area contributed by atoms with Crippen LogP contribution in [0.4, 0.5) is 0 Å². The third-order valence-electron chi connectivity index (χ3n) is 3.14. The molecule has 0 N–H and O–H groups in total. The molecular weight excluding hydrogens is 144 g/mol. The molecule has 0 unspecified atom stereocenters. The number of hydrogen-bond acceptors (Lipinski definition) is 0. The summed E-state index contributed by atoms with van der Waals surface area (Å²) in [6, 6.07) is 0. The van der Waals surface area contributed by atoms with Crippen molar-refractivity contribution < 1.29 is 0 Å². The minimum atomic E-state index is 0.308. The molecule has 0 aliphatic heterocycles. The molecular formula is C12H22. The van der Waals surface area contributed by atoms with Crippen molar-refractivity contribution >= 4 is 0 Å². The lowest BCUT2D eigenvalue weighted by atomic mass is 9.64. The average Bonchev–Trinajstić information content (AvgIpc) is 1.86. The van der Waals surface area contributed by atoms with Crippen LogP contribution in [0.1, 0.15) is 40.5 Å². The number of hydrogen-bond donors (Lipinski definition) is 0. The summed E-state index contributed by atoms with van der Waals surface area (Å²) in [5.74, 6) is 0. The predicted molar refractivity (Wildman–Crippen MR) is 57.2 cm³/mol. The van der Waals surface area contributed by atoms with E-state index in [1.165, 1.54) is 0 Å². The first-order valence-electron chi connectivity index (χ1n) is 4.59. The van der Waals surface area contributed by atoms with E-state index < -0.39 is 0 Å². The molecule has 0 bridgehead atoms. The van der Waals surface area contributed by atoms with Crippen molar-refractivity contribution in [3.63, 3.8) is 0 Å². The second kappa shape index (κ2) is 3.93. The average molecular weight is 166 g/mol. The van der Waals surface area contributed by atoms with Gasteiger partial charge in [-0.2, -0.15) is 0 Å². The van der Waals surface area contributed by atoms with Crippen molar-refractivity contribution in [2.75, 3.05) is 0 Å². The molecule has 0 rings (SSSR count). The first kappa shape index (κ1) is 11.5. The van der Waals surface area contributed by atoms with E-state index >= 15 is 0 Å². The third kappa shape index (κ3) is 2.51. The van der Waals surface area contributed by atoms with Crippen LogP contribution >= 0.6 is 0 Å². The summed E-state index contributed by atoms with van der Waals surface area (Å²) in [7, 11) is 0. The van der Waals surface area contributed by atoms with Crippen molar-refractivity contribution in [1.82, 2.24) is 0 Å². The number of rotatable bonds is 5. The smallest absolute Gasteiger partial charge is 0.0266 e. The fourth-order valence-corrected chi connectivity index (χ4v) is 1.27. The van der Waals surface area contributed by atoms with Gasteiger partial charge < -0.3 is 0 Å². The highest BCUT2D eigenvalue weighted by Crippen LogP contribution is 2.44. The molecule has 0 nitrogen and oxygen atoms in total. The largest absolute Gasteiger partial charge is 0.103 e. The standard InChI is InChI=1S/C12H22/c1-7-9-11(3,4)12(5,6)10-8-2/h7-8H,1-2,9-10H2,3-6H3. The second-order valence-corrected chi connectivity index (χ2v) is 4.75. The first-order chi connectivity index (χ1) is 5.37. The van der Waals surface area contributed by atoms with Gasteiger partial charge in [-0.1, -0.05) is 39.8 Å². The van der Waals surface area contributed by atoms with Crippen LogP contribution < -0.4 is 0 Å². The molecule has 0 aliphatic carbocycles. The minimum Gasteiger partial charge on any atom is -0.103 e. The van der Waals surface area contributed by atoms with E-state index in [0.29, 0.717) is 10.8 Å². The third-order valence-corrected chi connectivity index (χ3v) is 3.14. The van der Waals surface area contributed by atoms with Crippen molar-refractivity contribution in [2.24, 2.45) is 10.8 Å². The van der Waals surface area contributed by atoms with E-state index in [2.05, 4.69) is 40.9 Å². The van der Waals surface area contributed by atoms with Crippen LogP contribution in [0.15, 0.2) is 25.3 Å². The van der Waals surface area contributed by atoms with Gasteiger partial charge in [0.25, 0.3) is 0 Å². The van der Waals surface area contributed by atoms with Gasteiger partial charge in [0.05, 0.1) is 0 Å². The Morgan fingerprint density at radius 3 is 1.25 bits per heavy atom. The Kier molecular flexibility index (Phi) is 3.76. The second-order valence-electron chi connectivity index (χ2n) is 4.75. The molecule has 0 aromatic heterocycles. The Morgan fingerprint density at radius 1 is 0.833 bits per heavy atom. The van der Waals surface area contributed by atoms with Gasteiger partial charge in [0, 0.05) is 0 Å². The molecule has 0 amide bonds. The van der Waals surface area contributed by atoms with Crippen molar-refractivity contribution in [2.45, 2.75) is 40.5 Å². The van der Waals surface area contributed by atoms with Crippen molar-refractivity contribution in [3.05, 3.63) is 25.3 Å². The van der Waals surface area contributed by atoms with Gasteiger partial charge in [-0.3, -0.25) is 0 Å². The molecule has 0 saturated heterocycles. The van der Waals surface area contributed by atoms with Gasteiger partial charge in [-0.05, 0) is 23.7 Å². The number of allylic oxidation sites excluding steroid dienone is 2. The molecule has 0 heterocycles. The van der Waals surface area contributed by atoms with Crippen LogP contribution in [0.5, 0.6) is 0 Å². The fourth-order valence-electron chi connectivity index (χ4n) is 1.27. The lowest BCUT2D eigenvalue weighted by molar-refractivity contribution is 0.116. The Bertz CT molecular complexity index is 141. The van der Waals surface area contributed by atoms with Gasteiger partial charge in [0.1, 0.15) is 0 Å². The van der Waals surface area contributed by atoms with Gasteiger partial charge >= 0.3 is 0 Å². The fraction of sp³-hybridized carbons (Fsp3) is 0.667. The SMILES string of the molecule is C=CCC(C)(C)C(C)(C)CC=C. The summed E-state index contributed by atoms with van der Waals surface area (Å²) >= 11 is 0. The maximum absolute atomic E-state index is 3.79. The van der Waals surface area contributed by atoms with Crippen LogP contribution in [-0.4, -0.2) is 0 Å². The molecule has 70 valence electrons. The van der Waals surface area contributed by atoms with Gasteiger partial charge in [-0.25, -0.2) is 0 Å². The summed E-state index contributed by atoms with van der Waals surface area (Å²) in [6.07, 6.45) is 6.14. The molecule has 0 spiro atoms. The van der Waals surface area contributed by atoms with E-state index in [4.69, 9.17) is 0 Å². The lowest BCUT2D eigenvalue weighted by Crippen LogP contribution is -2.31. The van der Waals surface area contributed by atoms with Crippen molar-refractivity contribution in [3.8, 4) is 0 Å². The molecule has 0 aromatic rings. The normalized spacial score (nSPS) is 12.7. The molecule has 0 aromatic carbocycles. The molecule has 0 atom stereocenters. The van der Waals surface area contributed by atoms with E-state index in [1.54, 1.807) is 0 Å². The Balaban J connectivity index is 4.48. The van der Waals surface area contributed by atoms with Gasteiger partial charge in [0.15, 0.2) is 0 Å².